The van der Waals surface area contributed by atoms with Gasteiger partial charge in [0.15, 0.2) is 7.31 Å². The molecule has 0 aromatic rings. The first kappa shape index (κ1) is 30.7. The Kier molecular flexibility index (Phi) is 15.1. The molecule has 1 aliphatic heterocycles. The Morgan fingerprint density at radius 2 is 0.833 bits per heavy atom. The van der Waals surface area contributed by atoms with E-state index in [0.29, 0.717) is 16.6 Å². The molecule has 0 bridgehead atoms. The van der Waals surface area contributed by atoms with Crippen molar-refractivity contribution in [2.75, 3.05) is 6.54 Å². The normalized spacial score (nSPS) is 28.7. The average Bonchev–Trinajstić information content (AvgIpc) is 3.29. The SMILES string of the molecule is CC1([B]C2CCCN2[B][B]C2(C)CCCCCCCCCCC2)CCCCCCCCCCCCC1. The first-order chi connectivity index (χ1) is 17.6. The zero-order valence-electron chi connectivity index (χ0n) is 24.8. The van der Waals surface area contributed by atoms with Gasteiger partial charge >= 0.3 is 0 Å². The van der Waals surface area contributed by atoms with Crippen LogP contribution in [-0.2, 0) is 0 Å². The molecule has 1 heterocycles. The molecule has 2 saturated carbocycles. The first-order valence-electron chi connectivity index (χ1n) is 16.9. The molecule has 0 aromatic heterocycles. The third kappa shape index (κ3) is 12.3. The summed E-state index contributed by atoms with van der Waals surface area (Å²) in [5.74, 6) is 0.667. The van der Waals surface area contributed by atoms with Crippen molar-refractivity contribution in [2.24, 2.45) is 0 Å². The maximum absolute atomic E-state index is 2.85. The van der Waals surface area contributed by atoms with Crippen LogP contribution in [0, 0.1) is 0 Å². The molecule has 203 valence electrons. The predicted molar refractivity (Wildman–Crippen MR) is 165 cm³/mol. The highest BCUT2D eigenvalue weighted by molar-refractivity contribution is 7.00. The van der Waals surface area contributed by atoms with Crippen molar-refractivity contribution in [3.8, 4) is 0 Å². The molecule has 1 saturated heterocycles. The molecule has 3 fully saturated rings. The Morgan fingerprint density at radius 3 is 1.25 bits per heavy atom. The predicted octanol–water partition coefficient (Wildman–Crippen LogP) is 10.1. The van der Waals surface area contributed by atoms with Crippen molar-refractivity contribution in [1.29, 1.82) is 0 Å². The second kappa shape index (κ2) is 17.7. The van der Waals surface area contributed by atoms with Crippen LogP contribution in [-0.4, -0.2) is 39.1 Å². The highest BCUT2D eigenvalue weighted by Gasteiger charge is 2.35. The minimum Gasteiger partial charge on any atom is -0.360 e. The van der Waals surface area contributed by atoms with Crippen LogP contribution < -0.4 is 0 Å². The largest absolute Gasteiger partial charge is 0.360 e. The van der Waals surface area contributed by atoms with E-state index in [-0.39, 0.29) is 0 Å². The lowest BCUT2D eigenvalue weighted by Gasteiger charge is -2.37. The van der Waals surface area contributed by atoms with E-state index in [9.17, 15) is 0 Å². The summed E-state index contributed by atoms with van der Waals surface area (Å²) in [6, 6.07) is 0. The van der Waals surface area contributed by atoms with Gasteiger partial charge in [0.2, 0.25) is 0 Å². The molecule has 3 aliphatic rings. The van der Waals surface area contributed by atoms with Crippen LogP contribution in [0.3, 0.4) is 0 Å². The van der Waals surface area contributed by atoms with Gasteiger partial charge in [0.1, 0.15) is 7.28 Å². The van der Waals surface area contributed by atoms with Gasteiger partial charge in [0, 0.05) is 0 Å². The fourth-order valence-corrected chi connectivity index (χ4v) is 7.45. The van der Waals surface area contributed by atoms with Crippen molar-refractivity contribution < 1.29 is 0 Å². The van der Waals surface area contributed by atoms with Crippen molar-refractivity contribution in [2.45, 2.75) is 197 Å². The van der Waals surface area contributed by atoms with Gasteiger partial charge in [0.05, 0.1) is 7.17 Å². The van der Waals surface area contributed by atoms with Gasteiger partial charge in [-0.25, -0.2) is 0 Å². The van der Waals surface area contributed by atoms with Crippen LogP contribution >= 0.6 is 0 Å². The smallest absolute Gasteiger partial charge is 0.159 e. The summed E-state index contributed by atoms with van der Waals surface area (Å²) < 4.78 is 0. The lowest BCUT2D eigenvalue weighted by molar-refractivity contribution is 0.418. The van der Waals surface area contributed by atoms with Crippen molar-refractivity contribution in [3.63, 3.8) is 0 Å². The summed E-state index contributed by atoms with van der Waals surface area (Å²) in [6.45, 7) is 6.46. The molecule has 4 heteroatoms. The fourth-order valence-electron chi connectivity index (χ4n) is 7.45. The molecule has 1 atom stereocenters. The van der Waals surface area contributed by atoms with E-state index >= 15 is 0 Å². The molecule has 2 aliphatic carbocycles. The van der Waals surface area contributed by atoms with Crippen LogP contribution in [0.4, 0.5) is 0 Å². The maximum atomic E-state index is 2.85. The Balaban J connectivity index is 1.51. The zero-order chi connectivity index (χ0) is 25.4. The molecule has 3 rings (SSSR count). The molecule has 0 spiro atoms. The topological polar surface area (TPSA) is 3.24 Å². The molecule has 1 nitrogen and oxygen atoms in total. The van der Waals surface area contributed by atoms with Gasteiger partial charge in [-0.2, -0.15) is 0 Å². The number of rotatable bonds is 5. The van der Waals surface area contributed by atoms with Crippen LogP contribution in [0.1, 0.15) is 181 Å². The molecule has 0 aromatic carbocycles. The monoisotopic (exact) mass is 493 g/mol. The quantitative estimate of drug-likeness (QED) is 0.345. The average molecular weight is 492 g/mol. The summed E-state index contributed by atoms with van der Waals surface area (Å²) >= 11 is 0. The Morgan fingerprint density at radius 1 is 0.472 bits per heavy atom. The fraction of sp³-hybridized carbons (Fsp3) is 1.00. The second-order valence-electron chi connectivity index (χ2n) is 13.8. The summed E-state index contributed by atoms with van der Waals surface area (Å²) in [7, 11) is 8.09. The molecule has 3 radical (unpaired) electrons. The Bertz CT molecular complexity index is 528. The highest BCUT2D eigenvalue weighted by atomic mass is 15.1. The van der Waals surface area contributed by atoms with E-state index in [4.69, 9.17) is 0 Å². The molecule has 1 unspecified atom stereocenters. The van der Waals surface area contributed by atoms with E-state index in [0.717, 1.165) is 0 Å². The number of hydrogen-bond donors (Lipinski definition) is 0. The summed E-state index contributed by atoms with van der Waals surface area (Å²) in [5.41, 5.74) is 0. The summed E-state index contributed by atoms with van der Waals surface area (Å²) in [6.07, 6.45) is 37.5. The number of nitrogens with zero attached hydrogens (tertiary/aromatic N) is 1. The van der Waals surface area contributed by atoms with E-state index in [1.807, 2.05) is 0 Å². The lowest BCUT2D eigenvalue weighted by atomic mass is 9.30. The van der Waals surface area contributed by atoms with Gasteiger partial charge in [-0.15, -0.1) is 0 Å². The van der Waals surface area contributed by atoms with Crippen LogP contribution in [0.25, 0.3) is 0 Å². The van der Waals surface area contributed by atoms with E-state index in [2.05, 4.69) is 40.4 Å². The second-order valence-corrected chi connectivity index (χ2v) is 13.8. The number of hydrogen-bond acceptors (Lipinski definition) is 1. The third-order valence-corrected chi connectivity index (χ3v) is 10.1. The van der Waals surface area contributed by atoms with Crippen molar-refractivity contribution in [1.82, 2.24) is 4.81 Å². The van der Waals surface area contributed by atoms with E-state index < -0.39 is 0 Å². The molecule has 36 heavy (non-hydrogen) atoms. The highest BCUT2D eigenvalue weighted by Crippen LogP contribution is 2.41. The van der Waals surface area contributed by atoms with Crippen LogP contribution in [0.5, 0.6) is 0 Å². The molecular formula is C32H61B3N. The summed E-state index contributed by atoms with van der Waals surface area (Å²) in [4.78, 5) is 2.75. The standard InChI is InChI=1S/C32H61B3N/c1-31(25-19-15-11-7-4-3-5-8-12-16-20-26-31)33-30-24-23-29-36(30)35-34-32(2)27-21-17-13-9-6-10-14-18-22-28-32/h30H,3-29H2,1-2H3. The zero-order valence-corrected chi connectivity index (χ0v) is 24.8. The minimum absolute atomic E-state index is 0.403. The first-order valence-corrected chi connectivity index (χ1v) is 16.9. The molecule has 0 amide bonds. The third-order valence-electron chi connectivity index (χ3n) is 10.1. The van der Waals surface area contributed by atoms with Crippen LogP contribution in [0.2, 0.25) is 10.6 Å². The van der Waals surface area contributed by atoms with Crippen molar-refractivity contribution >= 4 is 21.8 Å². The maximum Gasteiger partial charge on any atom is 0.159 e. The van der Waals surface area contributed by atoms with Gasteiger partial charge < -0.3 is 4.81 Å². The summed E-state index contributed by atoms with van der Waals surface area (Å²) in [5, 5.41) is 0.836. The van der Waals surface area contributed by atoms with Crippen LogP contribution in [0.15, 0.2) is 0 Å². The Hall–Kier alpha value is 0.155. The van der Waals surface area contributed by atoms with E-state index in [1.54, 1.807) is 0 Å². The lowest BCUT2D eigenvalue weighted by Crippen LogP contribution is -2.45. The Labute approximate surface area is 230 Å². The van der Waals surface area contributed by atoms with Crippen molar-refractivity contribution in [3.05, 3.63) is 0 Å². The van der Waals surface area contributed by atoms with Gasteiger partial charge in [-0.1, -0.05) is 179 Å². The van der Waals surface area contributed by atoms with E-state index in [1.165, 1.54) is 173 Å². The molecular weight excluding hydrogens is 431 g/mol. The molecule has 0 N–H and O–H groups in total. The van der Waals surface area contributed by atoms with Gasteiger partial charge in [-0.05, 0) is 25.3 Å². The van der Waals surface area contributed by atoms with Gasteiger partial charge in [-0.3, -0.25) is 0 Å². The minimum atomic E-state index is 0.403. The van der Waals surface area contributed by atoms with Gasteiger partial charge in [0.25, 0.3) is 0 Å².